The Balaban J connectivity index is 2.11. The highest BCUT2D eigenvalue weighted by Gasteiger charge is 2.11. The average molecular weight is 315 g/mol. The van der Waals surface area contributed by atoms with Crippen molar-refractivity contribution in [2.24, 2.45) is 0 Å². The first-order chi connectivity index (χ1) is 9.25. The summed E-state index contributed by atoms with van der Waals surface area (Å²) in [6.45, 7) is 0. The van der Waals surface area contributed by atoms with Crippen LogP contribution in [-0.4, -0.2) is 14.8 Å². The van der Waals surface area contributed by atoms with Crippen molar-refractivity contribution >= 4 is 21.6 Å². The van der Waals surface area contributed by atoms with Gasteiger partial charge in [-0.25, -0.2) is 4.68 Å². The Morgan fingerprint density at radius 1 is 1.05 bits per heavy atom. The average Bonchev–Trinajstić information content (AvgIpc) is 2.82. The molecular formula is C14H11BrN4. The molecule has 0 aliphatic carbocycles. The van der Waals surface area contributed by atoms with E-state index in [1.54, 1.807) is 17.1 Å². The van der Waals surface area contributed by atoms with Crippen LogP contribution in [0.1, 0.15) is 0 Å². The first-order valence-electron chi connectivity index (χ1n) is 5.76. The molecule has 1 aromatic carbocycles. The van der Waals surface area contributed by atoms with Crippen LogP contribution in [0.2, 0.25) is 0 Å². The van der Waals surface area contributed by atoms with E-state index in [0.29, 0.717) is 5.69 Å². The number of aromatic nitrogens is 3. The second kappa shape index (κ2) is 4.85. The van der Waals surface area contributed by atoms with Gasteiger partial charge in [-0.05, 0) is 18.2 Å². The lowest BCUT2D eigenvalue weighted by molar-refractivity contribution is 0.881. The molecule has 0 atom stereocenters. The lowest BCUT2D eigenvalue weighted by Gasteiger charge is -2.02. The number of benzene rings is 1. The number of nitrogens with two attached hydrogens (primary N) is 1. The number of hydrogen-bond donors (Lipinski definition) is 1. The maximum atomic E-state index is 6.06. The van der Waals surface area contributed by atoms with Crippen LogP contribution < -0.4 is 5.73 Å². The number of halogens is 1. The Morgan fingerprint density at radius 3 is 2.53 bits per heavy atom. The second-order valence-corrected chi connectivity index (χ2v) is 4.92. The lowest BCUT2D eigenvalue weighted by Crippen LogP contribution is -1.94. The predicted molar refractivity (Wildman–Crippen MR) is 78.9 cm³/mol. The third kappa shape index (κ3) is 2.24. The van der Waals surface area contributed by atoms with Crippen LogP contribution in [0.3, 0.4) is 0 Å². The van der Waals surface area contributed by atoms with Gasteiger partial charge in [0.05, 0.1) is 17.6 Å². The molecule has 3 rings (SSSR count). The van der Waals surface area contributed by atoms with Crippen LogP contribution in [0.4, 0.5) is 5.69 Å². The topological polar surface area (TPSA) is 56.7 Å². The van der Waals surface area contributed by atoms with E-state index in [1.165, 1.54) is 0 Å². The van der Waals surface area contributed by atoms with E-state index in [-0.39, 0.29) is 0 Å². The molecule has 0 unspecified atom stereocenters. The predicted octanol–water partition coefficient (Wildman–Crippen LogP) is 3.28. The number of rotatable bonds is 2. The number of nitrogens with zero attached hydrogens (tertiary/aromatic N) is 3. The molecule has 0 spiro atoms. The quantitative estimate of drug-likeness (QED) is 0.789. The van der Waals surface area contributed by atoms with Gasteiger partial charge in [-0.1, -0.05) is 34.1 Å². The Morgan fingerprint density at radius 2 is 1.79 bits per heavy atom. The van der Waals surface area contributed by atoms with Gasteiger partial charge in [-0.2, -0.15) is 5.10 Å². The van der Waals surface area contributed by atoms with Gasteiger partial charge in [-0.15, -0.1) is 0 Å². The van der Waals surface area contributed by atoms with Crippen molar-refractivity contribution in [2.45, 2.75) is 0 Å². The van der Waals surface area contributed by atoms with Crippen molar-refractivity contribution in [1.29, 1.82) is 0 Å². The normalized spacial score (nSPS) is 10.6. The monoisotopic (exact) mass is 314 g/mol. The fraction of sp³-hybridized carbons (Fsp3) is 0. The van der Waals surface area contributed by atoms with Gasteiger partial charge >= 0.3 is 0 Å². The number of hydrogen-bond acceptors (Lipinski definition) is 3. The number of nitrogen functional groups attached to an aromatic ring is 1. The summed E-state index contributed by atoms with van der Waals surface area (Å²) in [5.74, 6) is 0. The van der Waals surface area contributed by atoms with Crippen molar-refractivity contribution < 1.29 is 0 Å². The third-order valence-electron chi connectivity index (χ3n) is 2.80. The number of anilines is 1. The van der Waals surface area contributed by atoms with E-state index < -0.39 is 0 Å². The molecule has 4 nitrogen and oxygen atoms in total. The molecule has 5 heteroatoms. The standard InChI is InChI=1S/C14H11BrN4/c15-12-4-2-1-3-11(12)14-13(16)9-19(18-14)10-5-7-17-8-6-10/h1-9H,16H2. The first-order valence-corrected chi connectivity index (χ1v) is 6.55. The zero-order valence-corrected chi connectivity index (χ0v) is 11.6. The fourth-order valence-electron chi connectivity index (χ4n) is 1.88. The van der Waals surface area contributed by atoms with E-state index in [1.807, 2.05) is 42.6 Å². The Hall–Kier alpha value is -2.14. The molecule has 0 aliphatic rings. The molecule has 19 heavy (non-hydrogen) atoms. The SMILES string of the molecule is Nc1cn(-c2ccncc2)nc1-c1ccccc1Br. The maximum absolute atomic E-state index is 6.06. The molecule has 0 saturated heterocycles. The largest absolute Gasteiger partial charge is 0.396 e. The summed E-state index contributed by atoms with van der Waals surface area (Å²) in [6, 6.07) is 11.7. The summed E-state index contributed by atoms with van der Waals surface area (Å²) in [5, 5.41) is 4.54. The molecule has 0 aliphatic heterocycles. The van der Waals surface area contributed by atoms with Gasteiger partial charge in [0.25, 0.3) is 0 Å². The Kier molecular flexibility index (Phi) is 3.05. The molecular weight excluding hydrogens is 304 g/mol. The van der Waals surface area contributed by atoms with Crippen LogP contribution >= 0.6 is 15.9 Å². The molecule has 0 radical (unpaired) electrons. The van der Waals surface area contributed by atoms with Gasteiger partial charge in [0.1, 0.15) is 5.69 Å². The summed E-state index contributed by atoms with van der Waals surface area (Å²) in [6.07, 6.45) is 5.26. The smallest absolute Gasteiger partial charge is 0.117 e. The molecule has 2 N–H and O–H groups in total. The van der Waals surface area contributed by atoms with Gasteiger partial charge in [0.2, 0.25) is 0 Å². The summed E-state index contributed by atoms with van der Waals surface area (Å²) in [4.78, 5) is 3.99. The molecule has 2 heterocycles. The molecule has 2 aromatic heterocycles. The number of pyridine rings is 1. The summed E-state index contributed by atoms with van der Waals surface area (Å²) < 4.78 is 2.73. The van der Waals surface area contributed by atoms with E-state index in [9.17, 15) is 0 Å². The second-order valence-electron chi connectivity index (χ2n) is 4.06. The van der Waals surface area contributed by atoms with Gasteiger partial charge in [0, 0.05) is 22.4 Å². The first kappa shape index (κ1) is 11.9. The molecule has 94 valence electrons. The Bertz CT molecular complexity index is 706. The van der Waals surface area contributed by atoms with Gasteiger partial charge in [0.15, 0.2) is 0 Å². The molecule has 3 aromatic rings. The lowest BCUT2D eigenvalue weighted by atomic mass is 10.1. The zero-order chi connectivity index (χ0) is 13.2. The Labute approximate surface area is 119 Å². The molecule has 0 amide bonds. The molecule has 0 fully saturated rings. The minimum absolute atomic E-state index is 0.642. The maximum Gasteiger partial charge on any atom is 0.117 e. The highest BCUT2D eigenvalue weighted by Crippen LogP contribution is 2.31. The third-order valence-corrected chi connectivity index (χ3v) is 3.49. The van der Waals surface area contributed by atoms with Crippen molar-refractivity contribution in [2.75, 3.05) is 5.73 Å². The van der Waals surface area contributed by atoms with E-state index in [2.05, 4.69) is 26.0 Å². The van der Waals surface area contributed by atoms with Gasteiger partial charge in [-0.3, -0.25) is 4.98 Å². The summed E-state index contributed by atoms with van der Waals surface area (Å²) >= 11 is 3.52. The minimum Gasteiger partial charge on any atom is -0.396 e. The van der Waals surface area contributed by atoms with Crippen LogP contribution in [0.25, 0.3) is 16.9 Å². The summed E-state index contributed by atoms with van der Waals surface area (Å²) in [7, 11) is 0. The van der Waals surface area contributed by atoms with E-state index in [0.717, 1.165) is 21.4 Å². The molecule has 0 bridgehead atoms. The zero-order valence-electron chi connectivity index (χ0n) is 9.99. The highest BCUT2D eigenvalue weighted by atomic mass is 79.9. The van der Waals surface area contributed by atoms with Crippen molar-refractivity contribution in [3.05, 3.63) is 59.5 Å². The fourth-order valence-corrected chi connectivity index (χ4v) is 2.35. The summed E-state index contributed by atoms with van der Waals surface area (Å²) in [5.41, 5.74) is 9.38. The van der Waals surface area contributed by atoms with Crippen molar-refractivity contribution in [3.8, 4) is 16.9 Å². The van der Waals surface area contributed by atoms with E-state index in [4.69, 9.17) is 5.73 Å². The van der Waals surface area contributed by atoms with Crippen LogP contribution in [0.15, 0.2) is 59.5 Å². The minimum atomic E-state index is 0.642. The van der Waals surface area contributed by atoms with Crippen LogP contribution in [0, 0.1) is 0 Å². The van der Waals surface area contributed by atoms with Crippen molar-refractivity contribution in [1.82, 2.24) is 14.8 Å². The van der Waals surface area contributed by atoms with Crippen molar-refractivity contribution in [3.63, 3.8) is 0 Å². The molecule has 0 saturated carbocycles. The van der Waals surface area contributed by atoms with Crippen LogP contribution in [0.5, 0.6) is 0 Å². The van der Waals surface area contributed by atoms with Gasteiger partial charge < -0.3 is 5.73 Å². The van der Waals surface area contributed by atoms with E-state index >= 15 is 0 Å². The van der Waals surface area contributed by atoms with Crippen LogP contribution in [-0.2, 0) is 0 Å². The highest BCUT2D eigenvalue weighted by molar-refractivity contribution is 9.10.